The first-order valence-corrected chi connectivity index (χ1v) is 16.8. The van der Waals surface area contributed by atoms with Crippen molar-refractivity contribution >= 4 is 44.2 Å². The Morgan fingerprint density at radius 2 is 1.11 bits per heavy atom. The van der Waals surface area contributed by atoms with Crippen LogP contribution in [0.5, 0.6) is 17.2 Å². The third kappa shape index (κ3) is 10.6. The molecular weight excluding hydrogens is 664 g/mol. The number of para-hydroxylation sites is 1. The molecule has 4 aliphatic rings. The second-order valence-corrected chi connectivity index (χ2v) is 9.50. The zero-order chi connectivity index (χ0) is 25.6. The molecule has 0 aromatic heterocycles. The smallest absolute Gasteiger partial charge is 0.122 e. The molecule has 7 heteroatoms. The van der Waals surface area contributed by atoms with Crippen LogP contribution in [0.2, 0.25) is 0 Å². The number of benzene rings is 3. The Labute approximate surface area is 246 Å². The van der Waals surface area contributed by atoms with Crippen molar-refractivity contribution < 1.29 is 18.9 Å². The molecule has 4 aliphatic heterocycles. The van der Waals surface area contributed by atoms with Gasteiger partial charge in [0.25, 0.3) is 0 Å². The van der Waals surface area contributed by atoms with Crippen molar-refractivity contribution in [3.63, 3.8) is 0 Å². The summed E-state index contributed by atoms with van der Waals surface area (Å²) in [6.45, 7) is 6.67. The van der Waals surface area contributed by atoms with Gasteiger partial charge in [-0.25, -0.2) is 0 Å². The van der Waals surface area contributed by atoms with Gasteiger partial charge in [0, 0.05) is 65.2 Å². The van der Waals surface area contributed by atoms with Crippen molar-refractivity contribution in [1.29, 1.82) is 0 Å². The van der Waals surface area contributed by atoms with E-state index in [0.717, 1.165) is 74.0 Å². The van der Waals surface area contributed by atoms with E-state index in [-0.39, 0.29) is 7.43 Å². The van der Waals surface area contributed by atoms with Crippen molar-refractivity contribution in [2.75, 3.05) is 33.0 Å². The lowest BCUT2D eigenvalue weighted by Crippen LogP contribution is -1.85. The maximum absolute atomic E-state index is 5.35. The predicted octanol–water partition coefficient (Wildman–Crippen LogP) is 9.06. The van der Waals surface area contributed by atoms with Crippen LogP contribution < -0.4 is 14.2 Å². The maximum atomic E-state index is 5.35. The lowest BCUT2D eigenvalue weighted by molar-refractivity contribution is 0.198. The monoisotopic (exact) mass is 698 g/mol. The summed E-state index contributed by atoms with van der Waals surface area (Å²) in [4.78, 5) is 0. The predicted molar refractivity (Wildman–Crippen MR) is 164 cm³/mol. The molecule has 0 saturated carbocycles. The highest BCUT2D eigenvalue weighted by Gasteiger charge is 2.11. The number of halogens is 3. The summed E-state index contributed by atoms with van der Waals surface area (Å²) in [6, 6.07) is 20.6. The molecule has 4 nitrogen and oxygen atoms in total. The van der Waals surface area contributed by atoms with Crippen LogP contribution in [0.4, 0.5) is 0 Å². The summed E-state index contributed by atoms with van der Waals surface area (Å²) >= 11 is 8.91. The first-order chi connectivity index (χ1) is 17.7. The van der Waals surface area contributed by atoms with Crippen molar-refractivity contribution in [3.05, 3.63) is 87.4 Å². The van der Waals surface area contributed by atoms with Crippen molar-refractivity contribution in [2.45, 2.75) is 46.5 Å². The van der Waals surface area contributed by atoms with E-state index in [1.165, 1.54) is 35.1 Å². The van der Waals surface area contributed by atoms with Gasteiger partial charge in [-0.3, -0.25) is 0 Å². The van der Waals surface area contributed by atoms with Crippen LogP contribution >= 0.6 is 44.2 Å². The van der Waals surface area contributed by atoms with Crippen LogP contribution in [-0.4, -0.2) is 33.0 Å². The van der Waals surface area contributed by atoms with E-state index in [9.17, 15) is 0 Å². The summed E-state index contributed by atoms with van der Waals surface area (Å²) in [7, 11) is 0. The van der Waals surface area contributed by atoms with Gasteiger partial charge >= 0.3 is 0 Å². The molecule has 0 N–H and O–H groups in total. The average molecular weight is 701 g/mol. The highest BCUT2D eigenvalue weighted by Crippen LogP contribution is 2.28. The Morgan fingerprint density at radius 3 is 1.68 bits per heavy atom. The van der Waals surface area contributed by atoms with Gasteiger partial charge < -0.3 is 18.9 Å². The lowest BCUT2D eigenvalue weighted by atomic mass is 10.1. The summed E-state index contributed by atoms with van der Waals surface area (Å²) in [5, 5.41) is 0. The largest absolute Gasteiger partial charge is 0.493 e. The Kier molecular flexibility index (Phi) is 15.3. The Bertz CT molecular complexity index is 984. The van der Waals surface area contributed by atoms with Crippen LogP contribution in [0.3, 0.4) is 0 Å². The number of hydrogen-bond donors (Lipinski definition) is 0. The van der Waals surface area contributed by atoms with Crippen LogP contribution in [0.15, 0.2) is 65.1 Å². The number of fused-ring (bicyclic) bond motifs is 3. The zero-order valence-corrected chi connectivity index (χ0v) is 25.4. The fourth-order valence-electron chi connectivity index (χ4n) is 4.10. The van der Waals surface area contributed by atoms with Gasteiger partial charge in [-0.05, 0) is 66.8 Å². The highest BCUT2D eigenvalue weighted by atomic mass is 80.9. The van der Waals surface area contributed by atoms with Crippen LogP contribution in [0.25, 0.3) is 0 Å². The van der Waals surface area contributed by atoms with E-state index in [2.05, 4.69) is 81.4 Å². The molecule has 1 saturated heterocycles. The molecule has 0 spiro atoms. The minimum absolute atomic E-state index is 0. The topological polar surface area (TPSA) is 36.9 Å². The van der Waals surface area contributed by atoms with Crippen molar-refractivity contribution in [1.82, 2.24) is 0 Å². The van der Waals surface area contributed by atoms with Gasteiger partial charge in [0.05, 0.1) is 19.8 Å². The maximum Gasteiger partial charge on any atom is 0.122 e. The first-order valence-electron chi connectivity index (χ1n) is 12.3. The molecular formula is C30H37Br3O4. The molecule has 3 aromatic rings. The Morgan fingerprint density at radius 1 is 0.595 bits per heavy atom. The summed E-state index contributed by atoms with van der Waals surface area (Å²) in [5.74, 6) is 3.19. The summed E-state index contributed by atoms with van der Waals surface area (Å²) in [5.41, 5.74) is 5.34. The fraction of sp³-hybridized carbons (Fsp3) is 0.400. The molecule has 0 bridgehead atoms. The molecule has 0 unspecified atom stereocenters. The summed E-state index contributed by atoms with van der Waals surface area (Å²) < 4.78 is 22.1. The van der Waals surface area contributed by atoms with E-state index in [1.54, 1.807) is 0 Å². The molecule has 7 rings (SSSR count). The number of ether oxygens (including phenoxy) is 4. The minimum atomic E-state index is 0. The van der Waals surface area contributed by atoms with E-state index in [0.29, 0.717) is 0 Å². The lowest BCUT2D eigenvalue weighted by Gasteiger charge is -1.97. The number of rotatable bonds is 0. The fourth-order valence-corrected chi connectivity index (χ4v) is 4.51. The van der Waals surface area contributed by atoms with Crippen molar-refractivity contribution in [2.24, 2.45) is 0 Å². The summed E-state index contributed by atoms with van der Waals surface area (Å²) in [6.07, 6.45) is 5.77. The van der Waals surface area contributed by atoms with Crippen LogP contribution in [0, 0.1) is 6.92 Å². The van der Waals surface area contributed by atoms with Crippen molar-refractivity contribution in [3.8, 4) is 17.2 Å². The van der Waals surface area contributed by atoms with Gasteiger partial charge in [0.1, 0.15) is 17.2 Å². The molecule has 0 amide bonds. The van der Waals surface area contributed by atoms with Gasteiger partial charge in [-0.1, -0.05) is 59.3 Å². The normalized spacial score (nSPS) is 14.8. The molecule has 0 radical (unpaired) electrons. The number of hydrogen-bond acceptors (Lipinski definition) is 4. The molecule has 4 heterocycles. The third-order valence-electron chi connectivity index (χ3n) is 5.93. The zero-order valence-electron chi connectivity index (χ0n) is 20.6. The van der Waals surface area contributed by atoms with Gasteiger partial charge in [-0.15, -0.1) is 0 Å². The van der Waals surface area contributed by atoms with E-state index < -0.39 is 0 Å². The quantitative estimate of drug-likeness (QED) is 0.235. The standard InChI is InChI=1S/C9H10O.C8H7BrO.C8H8O.C4H8O.CH4.Br2/c1-7-2-3-9-8(6-7)4-5-10-9;9-7-1-2-8-6(5-7)3-4-10-8;1-2-4-8-7(3-1)5-6-9-8;1-2-4-5-3-1;;1-2/h2-3,6H,4-5H2,1H3;1-2,5H,3-4H2;1-4H,5-6H2;1-4H2;1H4;. The van der Waals surface area contributed by atoms with Crippen LogP contribution in [-0.2, 0) is 24.0 Å². The molecule has 3 aromatic carbocycles. The second-order valence-electron chi connectivity index (χ2n) is 8.59. The van der Waals surface area contributed by atoms with E-state index >= 15 is 0 Å². The molecule has 37 heavy (non-hydrogen) atoms. The first kappa shape index (κ1) is 31.7. The van der Waals surface area contributed by atoms with Gasteiger partial charge in [0.2, 0.25) is 0 Å². The number of aryl methyl sites for hydroxylation is 1. The van der Waals surface area contributed by atoms with E-state index in [1.807, 2.05) is 30.3 Å². The molecule has 0 atom stereocenters. The van der Waals surface area contributed by atoms with E-state index in [4.69, 9.17) is 18.9 Å². The van der Waals surface area contributed by atoms with Gasteiger partial charge in [0.15, 0.2) is 0 Å². The van der Waals surface area contributed by atoms with Crippen LogP contribution in [0.1, 0.15) is 42.5 Å². The van der Waals surface area contributed by atoms with Gasteiger partial charge in [-0.2, -0.15) is 0 Å². The molecule has 202 valence electrons. The molecule has 1 fully saturated rings. The second kappa shape index (κ2) is 17.9. The highest BCUT2D eigenvalue weighted by molar-refractivity contribution is 9.93. The molecule has 0 aliphatic carbocycles. The average Bonchev–Trinajstić information content (AvgIpc) is 3.73. The Hall–Kier alpha value is -1.54. The minimum Gasteiger partial charge on any atom is -0.493 e. The SMILES string of the molecule is BrBr.Brc1ccc2c(c1)CCO2.C.C1CCOC1.Cc1ccc2c(c1)CCO2.c1ccc2c(c1)CCO2. The third-order valence-corrected chi connectivity index (χ3v) is 6.42. The Balaban J connectivity index is 0.000000172.